The van der Waals surface area contributed by atoms with Crippen molar-refractivity contribution in [2.45, 2.75) is 84.0 Å². The summed E-state index contributed by atoms with van der Waals surface area (Å²) in [5, 5.41) is 0.825. The zero-order valence-electron chi connectivity index (χ0n) is 20.7. The second-order valence-corrected chi connectivity index (χ2v) is 10.6. The first-order valence-corrected chi connectivity index (χ1v) is 13.7. The van der Waals surface area contributed by atoms with E-state index in [0.717, 1.165) is 23.3 Å². The van der Waals surface area contributed by atoms with Crippen molar-refractivity contribution in [1.29, 1.82) is 0 Å². The molecule has 0 aliphatic heterocycles. The Balaban J connectivity index is 1.28. The number of carbonyl (C=O) groups excluding carboxylic acids is 1. The second kappa shape index (κ2) is 12.6. The maximum absolute atomic E-state index is 11.9. The maximum Gasteiger partial charge on any atom is 0.338 e. The summed E-state index contributed by atoms with van der Waals surface area (Å²) in [6.07, 6.45) is 15.6. The minimum Gasteiger partial charge on any atom is -0.462 e. The fourth-order valence-electron chi connectivity index (χ4n) is 5.85. The number of benzene rings is 2. The summed E-state index contributed by atoms with van der Waals surface area (Å²) >= 11 is 6.14. The van der Waals surface area contributed by atoms with Crippen LogP contribution in [0.15, 0.2) is 54.1 Å². The van der Waals surface area contributed by atoms with Crippen LogP contribution in [0.2, 0.25) is 5.02 Å². The van der Waals surface area contributed by atoms with Gasteiger partial charge in [-0.1, -0.05) is 60.7 Å². The van der Waals surface area contributed by atoms with Crippen LogP contribution < -0.4 is 0 Å². The van der Waals surface area contributed by atoms with Crippen molar-refractivity contribution < 1.29 is 9.53 Å². The number of ether oxygens (including phenoxy) is 1. The third-order valence-corrected chi connectivity index (χ3v) is 8.09. The minimum absolute atomic E-state index is 0.224. The highest BCUT2D eigenvalue weighted by Gasteiger charge is 2.22. The normalized spacial score (nSPS) is 21.2. The lowest BCUT2D eigenvalue weighted by Crippen LogP contribution is -2.16. The van der Waals surface area contributed by atoms with Crippen molar-refractivity contribution >= 4 is 23.1 Å². The van der Waals surface area contributed by atoms with Crippen LogP contribution in [0.3, 0.4) is 0 Å². The standard InChI is InChI=1S/C31H39ClO2/c1-2-34-31(33)28-16-13-25(14-17-28)22-24-10-8-23(9-11-24)12-15-26-6-4-3-5-7-30(26)27-18-20-29(32)21-19-27/h13-14,16-21,23-24H,2-12,15,22H2,1H3. The van der Waals surface area contributed by atoms with Gasteiger partial charge in [-0.3, -0.25) is 0 Å². The van der Waals surface area contributed by atoms with Crippen LogP contribution in [0.5, 0.6) is 0 Å². The van der Waals surface area contributed by atoms with Gasteiger partial charge < -0.3 is 4.74 Å². The molecular weight excluding hydrogens is 440 g/mol. The first-order valence-electron chi connectivity index (χ1n) is 13.3. The van der Waals surface area contributed by atoms with Crippen molar-refractivity contribution in [3.8, 4) is 0 Å². The molecule has 0 aromatic heterocycles. The summed E-state index contributed by atoms with van der Waals surface area (Å²) in [6.45, 7) is 2.26. The van der Waals surface area contributed by atoms with Crippen LogP contribution in [0.25, 0.3) is 5.57 Å². The van der Waals surface area contributed by atoms with E-state index in [9.17, 15) is 4.79 Å². The number of hydrogen-bond acceptors (Lipinski definition) is 2. The van der Waals surface area contributed by atoms with Crippen LogP contribution in [0.1, 0.15) is 99.0 Å². The Morgan fingerprint density at radius 2 is 1.56 bits per heavy atom. The van der Waals surface area contributed by atoms with Crippen molar-refractivity contribution in [2.75, 3.05) is 6.61 Å². The number of esters is 1. The van der Waals surface area contributed by atoms with Crippen molar-refractivity contribution in [3.63, 3.8) is 0 Å². The van der Waals surface area contributed by atoms with E-state index in [1.54, 1.807) is 11.1 Å². The van der Waals surface area contributed by atoms with Crippen LogP contribution >= 0.6 is 11.6 Å². The average Bonchev–Trinajstić information content (AvgIpc) is 3.10. The van der Waals surface area contributed by atoms with Gasteiger partial charge in [0.05, 0.1) is 12.2 Å². The molecule has 2 aromatic rings. The van der Waals surface area contributed by atoms with Crippen molar-refractivity contribution in [3.05, 3.63) is 75.8 Å². The second-order valence-electron chi connectivity index (χ2n) is 10.2. The van der Waals surface area contributed by atoms with Gasteiger partial charge in [0.25, 0.3) is 0 Å². The minimum atomic E-state index is -0.224. The lowest BCUT2D eigenvalue weighted by molar-refractivity contribution is 0.0526. The van der Waals surface area contributed by atoms with Gasteiger partial charge in [0.15, 0.2) is 0 Å². The lowest BCUT2D eigenvalue weighted by atomic mass is 9.77. The predicted octanol–water partition coefficient (Wildman–Crippen LogP) is 9.06. The Bertz CT molecular complexity index is 950. The number of allylic oxidation sites excluding steroid dienone is 2. The molecule has 3 heteroatoms. The Morgan fingerprint density at radius 1 is 0.882 bits per heavy atom. The largest absolute Gasteiger partial charge is 0.462 e. The van der Waals surface area contributed by atoms with Gasteiger partial charge in [0.1, 0.15) is 0 Å². The van der Waals surface area contributed by atoms with Gasteiger partial charge in [-0.25, -0.2) is 4.79 Å². The first-order chi connectivity index (χ1) is 16.6. The van der Waals surface area contributed by atoms with Gasteiger partial charge in [-0.2, -0.15) is 0 Å². The number of hydrogen-bond donors (Lipinski definition) is 0. The topological polar surface area (TPSA) is 26.3 Å². The van der Waals surface area contributed by atoms with E-state index < -0.39 is 0 Å². The zero-order valence-corrected chi connectivity index (χ0v) is 21.4. The summed E-state index contributed by atoms with van der Waals surface area (Å²) in [7, 11) is 0. The fourth-order valence-corrected chi connectivity index (χ4v) is 5.97. The highest BCUT2D eigenvalue weighted by Crippen LogP contribution is 2.38. The number of halogens is 1. The highest BCUT2D eigenvalue weighted by molar-refractivity contribution is 6.30. The van der Waals surface area contributed by atoms with Crippen molar-refractivity contribution in [2.24, 2.45) is 11.8 Å². The molecule has 2 nitrogen and oxygen atoms in total. The molecule has 0 radical (unpaired) electrons. The monoisotopic (exact) mass is 478 g/mol. The van der Waals surface area contributed by atoms with Crippen LogP contribution in [0.4, 0.5) is 0 Å². The van der Waals surface area contributed by atoms with E-state index >= 15 is 0 Å². The van der Waals surface area contributed by atoms with E-state index in [-0.39, 0.29) is 5.97 Å². The molecule has 34 heavy (non-hydrogen) atoms. The van der Waals surface area contributed by atoms with Gasteiger partial charge >= 0.3 is 5.97 Å². The summed E-state index contributed by atoms with van der Waals surface area (Å²) in [4.78, 5) is 11.9. The average molecular weight is 479 g/mol. The molecule has 0 unspecified atom stereocenters. The Morgan fingerprint density at radius 3 is 2.26 bits per heavy atom. The Hall–Kier alpha value is -2.06. The molecule has 2 aliphatic carbocycles. The predicted molar refractivity (Wildman–Crippen MR) is 142 cm³/mol. The quantitative estimate of drug-likeness (QED) is 0.353. The van der Waals surface area contributed by atoms with Crippen LogP contribution in [0, 0.1) is 11.8 Å². The van der Waals surface area contributed by atoms with Crippen LogP contribution in [-0.4, -0.2) is 12.6 Å². The van der Waals surface area contributed by atoms with Crippen LogP contribution in [-0.2, 0) is 11.2 Å². The smallest absolute Gasteiger partial charge is 0.338 e. The molecule has 0 heterocycles. The molecule has 0 spiro atoms. The molecule has 182 valence electrons. The molecule has 0 amide bonds. The molecule has 4 rings (SSSR count). The third-order valence-electron chi connectivity index (χ3n) is 7.83. The first kappa shape index (κ1) is 25.0. The molecule has 2 aliphatic rings. The van der Waals surface area contributed by atoms with E-state index in [1.165, 1.54) is 81.8 Å². The molecule has 0 atom stereocenters. The van der Waals surface area contributed by atoms with E-state index in [1.807, 2.05) is 31.2 Å². The third kappa shape index (κ3) is 6.98. The van der Waals surface area contributed by atoms with E-state index in [4.69, 9.17) is 16.3 Å². The van der Waals surface area contributed by atoms with Gasteiger partial charge in [-0.05, 0) is 118 Å². The fraction of sp³-hybridized carbons (Fsp3) is 0.516. The van der Waals surface area contributed by atoms with E-state index in [2.05, 4.69) is 24.3 Å². The molecule has 2 aromatic carbocycles. The summed E-state index contributed by atoms with van der Waals surface area (Å²) < 4.78 is 5.09. The van der Waals surface area contributed by atoms with E-state index in [0.29, 0.717) is 12.2 Å². The molecule has 0 saturated heterocycles. The Kier molecular flexibility index (Phi) is 9.27. The van der Waals surface area contributed by atoms with Gasteiger partial charge in [0, 0.05) is 5.02 Å². The summed E-state index contributed by atoms with van der Waals surface area (Å²) in [5.41, 5.74) is 6.70. The molecule has 1 saturated carbocycles. The van der Waals surface area contributed by atoms with Gasteiger partial charge in [-0.15, -0.1) is 0 Å². The zero-order chi connectivity index (χ0) is 23.8. The number of rotatable bonds is 8. The summed E-state index contributed by atoms with van der Waals surface area (Å²) in [6, 6.07) is 16.6. The lowest BCUT2D eigenvalue weighted by Gasteiger charge is -2.29. The number of carbonyl (C=O) groups is 1. The van der Waals surface area contributed by atoms with Gasteiger partial charge in [0.2, 0.25) is 0 Å². The molecule has 0 N–H and O–H groups in total. The molecule has 1 fully saturated rings. The van der Waals surface area contributed by atoms with Crippen molar-refractivity contribution in [1.82, 2.24) is 0 Å². The molecular formula is C31H39ClO2. The molecule has 0 bridgehead atoms. The summed E-state index contributed by atoms with van der Waals surface area (Å²) in [5.74, 6) is 1.41. The highest BCUT2D eigenvalue weighted by atomic mass is 35.5. The SMILES string of the molecule is CCOC(=O)c1ccc(CC2CCC(CCC3=C(c4ccc(Cl)cc4)CCCCC3)CC2)cc1. The maximum atomic E-state index is 11.9. The Labute approximate surface area is 210 Å².